The van der Waals surface area contributed by atoms with Crippen LogP contribution >= 0.6 is 0 Å². The Bertz CT molecular complexity index is 568. The number of aliphatic hydroxyl groups excluding tert-OH is 2. The minimum atomic E-state index is -0.989. The number of Topliss-reactive ketones (excluding diaryl/α,β-unsaturated/α-hetero) is 2. The van der Waals surface area contributed by atoms with Gasteiger partial charge in [-0.3, -0.25) is 9.59 Å². The molecule has 0 aromatic carbocycles. The van der Waals surface area contributed by atoms with E-state index in [-0.39, 0.29) is 50.1 Å². The topological polar surface area (TPSA) is 127 Å². The molecular weight excluding hydrogens is 368 g/mol. The number of aliphatic hydroxyl groups is 2. The van der Waals surface area contributed by atoms with Crippen LogP contribution < -0.4 is 0 Å². The summed E-state index contributed by atoms with van der Waals surface area (Å²) in [5.74, 6) is -1.73. The summed E-state index contributed by atoms with van der Waals surface area (Å²) in [5, 5.41) is 20.0. The molecule has 0 saturated carbocycles. The first-order valence-electron chi connectivity index (χ1n) is 9.28. The predicted molar refractivity (Wildman–Crippen MR) is 99.1 cm³/mol. The number of cyclic esters (lactones) is 2. The van der Waals surface area contributed by atoms with Crippen LogP contribution in [-0.2, 0) is 28.7 Å². The quantitative estimate of drug-likeness (QED) is 0.678. The fourth-order valence-electron chi connectivity index (χ4n) is 2.74. The van der Waals surface area contributed by atoms with Gasteiger partial charge in [-0.05, 0) is 51.7 Å². The zero-order valence-corrected chi connectivity index (χ0v) is 16.2. The lowest BCUT2D eigenvalue weighted by Gasteiger charge is -2.18. The van der Waals surface area contributed by atoms with Crippen LogP contribution in [0.3, 0.4) is 0 Å². The second-order valence-electron chi connectivity index (χ2n) is 6.94. The van der Waals surface area contributed by atoms with Crippen molar-refractivity contribution in [3.05, 3.63) is 24.3 Å². The van der Waals surface area contributed by atoms with Crippen molar-refractivity contribution < 1.29 is 38.9 Å². The Morgan fingerprint density at radius 3 is 1.50 bits per heavy atom. The number of ketones is 2. The van der Waals surface area contributed by atoms with E-state index in [0.717, 1.165) is 12.2 Å². The molecule has 8 nitrogen and oxygen atoms in total. The zero-order chi connectivity index (χ0) is 21.1. The van der Waals surface area contributed by atoms with Crippen LogP contribution in [0.2, 0.25) is 0 Å². The highest BCUT2D eigenvalue weighted by Crippen LogP contribution is 2.14. The Hall–Kier alpha value is -2.32. The molecule has 2 N–H and O–H groups in total. The molecule has 0 amide bonds. The van der Waals surface area contributed by atoms with E-state index >= 15 is 0 Å². The van der Waals surface area contributed by atoms with Gasteiger partial charge in [0.1, 0.15) is 23.8 Å². The maximum absolute atomic E-state index is 11.9. The fraction of sp³-hybridized carbons (Fsp3) is 0.600. The molecule has 1 aliphatic heterocycles. The van der Waals surface area contributed by atoms with Gasteiger partial charge >= 0.3 is 11.9 Å². The minimum absolute atomic E-state index is 0.00728. The first kappa shape index (κ1) is 23.7. The van der Waals surface area contributed by atoms with Crippen molar-refractivity contribution in [1.29, 1.82) is 0 Å². The van der Waals surface area contributed by atoms with Crippen molar-refractivity contribution in [2.24, 2.45) is 0 Å². The summed E-state index contributed by atoms with van der Waals surface area (Å²) < 4.78 is 10.4. The van der Waals surface area contributed by atoms with Gasteiger partial charge in [0, 0.05) is 25.0 Å². The van der Waals surface area contributed by atoms with Crippen molar-refractivity contribution in [3.63, 3.8) is 0 Å². The molecule has 0 radical (unpaired) electrons. The monoisotopic (exact) mass is 396 g/mol. The maximum atomic E-state index is 11.9. The van der Waals surface area contributed by atoms with E-state index in [1.165, 1.54) is 26.0 Å². The average Bonchev–Trinajstić information content (AvgIpc) is 2.59. The van der Waals surface area contributed by atoms with E-state index < -0.39 is 36.4 Å². The number of carbonyl (C=O) groups excluding carboxylic acids is 4. The number of hydrogen-bond donors (Lipinski definition) is 2. The highest BCUT2D eigenvalue weighted by atomic mass is 16.5. The molecule has 0 aromatic heterocycles. The van der Waals surface area contributed by atoms with E-state index in [1.54, 1.807) is 0 Å². The van der Waals surface area contributed by atoms with Crippen molar-refractivity contribution in [2.75, 3.05) is 0 Å². The molecule has 1 rings (SSSR count). The third-order valence-electron chi connectivity index (χ3n) is 4.07. The van der Waals surface area contributed by atoms with E-state index in [9.17, 15) is 29.4 Å². The molecule has 1 heterocycles. The van der Waals surface area contributed by atoms with E-state index in [4.69, 9.17) is 9.47 Å². The molecule has 0 spiro atoms. The van der Waals surface area contributed by atoms with E-state index in [0.29, 0.717) is 0 Å². The number of carbonyl (C=O) groups is 4. The van der Waals surface area contributed by atoms with Gasteiger partial charge in [-0.25, -0.2) is 9.59 Å². The van der Waals surface area contributed by atoms with Gasteiger partial charge in [-0.1, -0.05) is 0 Å². The molecular formula is C20H28O8. The second-order valence-corrected chi connectivity index (χ2v) is 6.94. The predicted octanol–water partition coefficient (Wildman–Crippen LogP) is 1.18. The van der Waals surface area contributed by atoms with Crippen molar-refractivity contribution in [2.45, 2.75) is 76.8 Å². The lowest BCUT2D eigenvalue weighted by Crippen LogP contribution is -2.23. The SMILES string of the molecule is CC(=O)CC1CCC(O)C=CC(=O)OC(CC(C)=O)CCC(O)C=CC(=O)O1. The second kappa shape index (κ2) is 12.2. The molecule has 0 bridgehead atoms. The summed E-state index contributed by atoms with van der Waals surface area (Å²) in [6.45, 7) is 2.74. The lowest BCUT2D eigenvalue weighted by molar-refractivity contribution is -0.145. The standard InChI is InChI=1S/C20H28O8/c1-13(21)11-17-7-3-15(23)6-10-20(26)28-18(12-14(2)22)8-4-16(24)5-9-19(25)27-17/h5-6,9-10,15-18,23-24H,3-4,7-8,11-12H2,1-2H3. The van der Waals surface area contributed by atoms with Crippen molar-refractivity contribution in [3.8, 4) is 0 Å². The largest absolute Gasteiger partial charge is 0.459 e. The van der Waals surface area contributed by atoms with Crippen LogP contribution in [0.1, 0.15) is 52.4 Å². The fourth-order valence-corrected chi connectivity index (χ4v) is 2.74. The molecule has 0 aromatic rings. The van der Waals surface area contributed by atoms with Gasteiger partial charge in [0.2, 0.25) is 0 Å². The average molecular weight is 396 g/mol. The van der Waals surface area contributed by atoms with Crippen LogP contribution in [0.4, 0.5) is 0 Å². The first-order chi connectivity index (χ1) is 13.2. The van der Waals surface area contributed by atoms with E-state index in [2.05, 4.69) is 0 Å². The van der Waals surface area contributed by atoms with Gasteiger partial charge in [0.15, 0.2) is 0 Å². The first-order valence-corrected chi connectivity index (χ1v) is 9.28. The van der Waals surface area contributed by atoms with Crippen molar-refractivity contribution >= 4 is 23.5 Å². The zero-order valence-electron chi connectivity index (χ0n) is 16.2. The summed E-state index contributed by atoms with van der Waals surface area (Å²) in [4.78, 5) is 46.6. The molecule has 4 unspecified atom stereocenters. The molecule has 28 heavy (non-hydrogen) atoms. The molecule has 0 fully saturated rings. The van der Waals surface area contributed by atoms with Crippen LogP contribution in [0.15, 0.2) is 24.3 Å². The molecule has 8 heteroatoms. The minimum Gasteiger partial charge on any atom is -0.459 e. The summed E-state index contributed by atoms with van der Waals surface area (Å²) in [5.41, 5.74) is 0. The normalized spacial score (nSPS) is 27.7. The van der Waals surface area contributed by atoms with Crippen LogP contribution in [0.5, 0.6) is 0 Å². The molecule has 4 atom stereocenters. The van der Waals surface area contributed by atoms with Crippen LogP contribution in [0, 0.1) is 0 Å². The third kappa shape index (κ3) is 10.7. The molecule has 0 saturated heterocycles. The Labute approximate surface area is 164 Å². The number of rotatable bonds is 4. The highest BCUT2D eigenvalue weighted by Gasteiger charge is 2.19. The van der Waals surface area contributed by atoms with Gasteiger partial charge in [0.05, 0.1) is 12.2 Å². The Balaban J connectivity index is 2.91. The molecule has 156 valence electrons. The molecule has 0 aliphatic carbocycles. The van der Waals surface area contributed by atoms with Gasteiger partial charge in [-0.15, -0.1) is 0 Å². The number of esters is 2. The Morgan fingerprint density at radius 2 is 1.18 bits per heavy atom. The van der Waals surface area contributed by atoms with Crippen LogP contribution in [-0.4, -0.2) is 58.1 Å². The highest BCUT2D eigenvalue weighted by molar-refractivity contribution is 5.83. The number of ether oxygens (including phenoxy) is 2. The summed E-state index contributed by atoms with van der Waals surface area (Å²) in [6.07, 6.45) is 2.03. The Morgan fingerprint density at radius 1 is 0.821 bits per heavy atom. The summed E-state index contributed by atoms with van der Waals surface area (Å²) in [6, 6.07) is 0. The summed E-state index contributed by atoms with van der Waals surface area (Å²) >= 11 is 0. The Kier molecular flexibility index (Phi) is 10.3. The van der Waals surface area contributed by atoms with Gasteiger partial charge < -0.3 is 19.7 Å². The maximum Gasteiger partial charge on any atom is 0.330 e. The number of hydrogen-bond acceptors (Lipinski definition) is 8. The lowest BCUT2D eigenvalue weighted by atomic mass is 10.0. The smallest absolute Gasteiger partial charge is 0.330 e. The molecule has 1 aliphatic rings. The van der Waals surface area contributed by atoms with Gasteiger partial charge in [0.25, 0.3) is 0 Å². The van der Waals surface area contributed by atoms with Gasteiger partial charge in [-0.2, -0.15) is 0 Å². The van der Waals surface area contributed by atoms with Crippen molar-refractivity contribution in [1.82, 2.24) is 0 Å². The van der Waals surface area contributed by atoms with Crippen LogP contribution in [0.25, 0.3) is 0 Å². The third-order valence-corrected chi connectivity index (χ3v) is 4.07. The van der Waals surface area contributed by atoms with E-state index in [1.807, 2.05) is 0 Å². The summed E-state index contributed by atoms with van der Waals surface area (Å²) in [7, 11) is 0.